The van der Waals surface area contributed by atoms with E-state index in [-0.39, 0.29) is 0 Å². The average molecular weight is 367 g/mol. The van der Waals surface area contributed by atoms with Gasteiger partial charge in [-0.2, -0.15) is 0 Å². The van der Waals surface area contributed by atoms with Crippen LogP contribution in [-0.2, 0) is 12.3 Å². The van der Waals surface area contributed by atoms with Crippen molar-refractivity contribution in [2.75, 3.05) is 0 Å². The highest BCUT2D eigenvalue weighted by molar-refractivity contribution is 9.10. The van der Waals surface area contributed by atoms with Gasteiger partial charge in [-0.25, -0.2) is 4.68 Å². The minimum absolute atomic E-state index is 0.728. The molecule has 0 amide bonds. The fourth-order valence-corrected chi connectivity index (χ4v) is 3.68. The Morgan fingerprint density at radius 1 is 1.25 bits per heavy atom. The summed E-state index contributed by atoms with van der Waals surface area (Å²) in [4.78, 5) is 1.25. The lowest BCUT2D eigenvalue weighted by molar-refractivity contribution is 0.608. The molecule has 0 bridgehead atoms. The Hall–Kier alpha value is -1.18. The second-order valence-corrected chi connectivity index (χ2v) is 7.01. The maximum absolute atomic E-state index is 4.09. The Labute approximate surface area is 133 Å². The molecule has 20 heavy (non-hydrogen) atoms. The van der Waals surface area contributed by atoms with Crippen molar-refractivity contribution in [3.05, 3.63) is 56.7 Å². The van der Waals surface area contributed by atoms with E-state index in [1.54, 1.807) is 23.1 Å². The van der Waals surface area contributed by atoms with Gasteiger partial charge in [-0.05, 0) is 39.6 Å². The lowest BCUT2D eigenvalue weighted by Gasteiger charge is -2.03. The van der Waals surface area contributed by atoms with Gasteiger partial charge in [0, 0.05) is 15.1 Å². The Morgan fingerprint density at radius 2 is 2.20 bits per heavy atom. The summed E-state index contributed by atoms with van der Waals surface area (Å²) < 4.78 is 2.93. The van der Waals surface area contributed by atoms with Crippen molar-refractivity contribution in [1.29, 1.82) is 0 Å². The van der Waals surface area contributed by atoms with Crippen molar-refractivity contribution >= 4 is 39.0 Å². The Morgan fingerprint density at radius 3 is 3.00 bits per heavy atom. The highest BCUT2D eigenvalue weighted by atomic mass is 79.9. The fourth-order valence-electron chi connectivity index (χ4n) is 1.72. The standard InChI is InChI=1S/C13H11BrN4S2/c14-11-4-1-3-10(7-11)9-20-13-15-16-17-18(13)8-12-5-2-6-19-12/h1-7H,8-9H2. The highest BCUT2D eigenvalue weighted by Crippen LogP contribution is 2.23. The maximum Gasteiger partial charge on any atom is 0.209 e. The molecule has 3 aromatic rings. The second-order valence-electron chi connectivity index (χ2n) is 4.12. The molecule has 0 spiro atoms. The molecule has 4 nitrogen and oxygen atoms in total. The molecule has 7 heteroatoms. The lowest BCUT2D eigenvalue weighted by Crippen LogP contribution is -2.02. The van der Waals surface area contributed by atoms with Crippen LogP contribution in [0.4, 0.5) is 0 Å². The normalized spacial score (nSPS) is 10.8. The number of rotatable bonds is 5. The molecule has 0 radical (unpaired) electrons. The first-order chi connectivity index (χ1) is 9.81. The third kappa shape index (κ3) is 3.47. The summed E-state index contributed by atoms with van der Waals surface area (Å²) in [6.07, 6.45) is 0. The molecule has 3 rings (SSSR count). The van der Waals surface area contributed by atoms with Gasteiger partial charge in [0.1, 0.15) is 0 Å². The smallest absolute Gasteiger partial charge is 0.209 e. The topological polar surface area (TPSA) is 43.6 Å². The van der Waals surface area contributed by atoms with Gasteiger partial charge >= 0.3 is 0 Å². The van der Waals surface area contributed by atoms with Crippen LogP contribution in [0.1, 0.15) is 10.4 Å². The van der Waals surface area contributed by atoms with E-state index in [2.05, 4.69) is 55.0 Å². The molecule has 0 aliphatic heterocycles. The summed E-state index contributed by atoms with van der Waals surface area (Å²) in [5.74, 6) is 0.851. The van der Waals surface area contributed by atoms with Gasteiger partial charge in [-0.3, -0.25) is 0 Å². The Balaban J connectivity index is 1.67. The quantitative estimate of drug-likeness (QED) is 0.643. The molecule has 0 fully saturated rings. The number of thioether (sulfide) groups is 1. The number of nitrogens with zero attached hydrogens (tertiary/aromatic N) is 4. The second kappa shape index (κ2) is 6.51. The van der Waals surface area contributed by atoms with Crippen LogP contribution in [0.2, 0.25) is 0 Å². The average Bonchev–Trinajstić information content (AvgIpc) is 3.09. The predicted molar refractivity (Wildman–Crippen MR) is 84.9 cm³/mol. The van der Waals surface area contributed by atoms with E-state index in [4.69, 9.17) is 0 Å². The van der Waals surface area contributed by atoms with Gasteiger partial charge in [0.15, 0.2) is 0 Å². The van der Waals surface area contributed by atoms with E-state index in [9.17, 15) is 0 Å². The predicted octanol–water partition coefficient (Wildman–Crippen LogP) is 3.84. The first-order valence-corrected chi connectivity index (χ1v) is 8.63. The van der Waals surface area contributed by atoms with Crippen molar-refractivity contribution < 1.29 is 0 Å². The van der Waals surface area contributed by atoms with Crippen molar-refractivity contribution in [2.45, 2.75) is 17.5 Å². The largest absolute Gasteiger partial charge is 0.215 e. The van der Waals surface area contributed by atoms with Gasteiger partial charge in [-0.15, -0.1) is 16.4 Å². The zero-order valence-corrected chi connectivity index (χ0v) is 13.7. The molecular formula is C13H11BrN4S2. The highest BCUT2D eigenvalue weighted by Gasteiger charge is 2.08. The molecule has 0 saturated heterocycles. The molecule has 0 atom stereocenters. The third-order valence-corrected chi connectivity index (χ3v) is 5.02. The number of tetrazole rings is 1. The number of halogens is 1. The minimum atomic E-state index is 0.728. The van der Waals surface area contributed by atoms with Gasteiger partial charge in [0.2, 0.25) is 5.16 Å². The number of benzene rings is 1. The van der Waals surface area contributed by atoms with E-state index in [0.29, 0.717) is 0 Å². The molecule has 1 aromatic carbocycles. The van der Waals surface area contributed by atoms with Crippen molar-refractivity contribution in [2.24, 2.45) is 0 Å². The summed E-state index contributed by atoms with van der Waals surface area (Å²) in [5.41, 5.74) is 1.25. The first kappa shape index (κ1) is 13.8. The van der Waals surface area contributed by atoms with Crippen LogP contribution in [0.25, 0.3) is 0 Å². The summed E-state index contributed by atoms with van der Waals surface area (Å²) >= 11 is 6.84. The number of thiophene rings is 1. The van der Waals surface area contributed by atoms with Crippen LogP contribution >= 0.6 is 39.0 Å². The summed E-state index contributed by atoms with van der Waals surface area (Å²) in [7, 11) is 0. The van der Waals surface area contributed by atoms with Crippen LogP contribution in [-0.4, -0.2) is 20.2 Å². The van der Waals surface area contributed by atoms with Gasteiger partial charge in [-0.1, -0.05) is 45.9 Å². The van der Waals surface area contributed by atoms with Crippen molar-refractivity contribution in [3.8, 4) is 0 Å². The SMILES string of the molecule is Brc1cccc(CSc2nnnn2Cc2cccs2)c1. The summed E-state index contributed by atoms with van der Waals surface area (Å²) in [6, 6.07) is 12.4. The molecule has 2 heterocycles. The van der Waals surface area contributed by atoms with Crippen molar-refractivity contribution in [3.63, 3.8) is 0 Å². The first-order valence-electron chi connectivity index (χ1n) is 5.97. The molecule has 0 unspecified atom stereocenters. The molecule has 0 saturated carbocycles. The summed E-state index contributed by atoms with van der Waals surface area (Å²) in [6.45, 7) is 0.728. The van der Waals surface area contributed by atoms with Gasteiger partial charge in [0.05, 0.1) is 6.54 Å². The fraction of sp³-hybridized carbons (Fsp3) is 0.154. The minimum Gasteiger partial charge on any atom is -0.215 e. The van der Waals surface area contributed by atoms with Gasteiger partial charge in [0.25, 0.3) is 0 Å². The zero-order valence-electron chi connectivity index (χ0n) is 10.4. The van der Waals surface area contributed by atoms with E-state index < -0.39 is 0 Å². The van der Waals surface area contributed by atoms with Gasteiger partial charge < -0.3 is 0 Å². The van der Waals surface area contributed by atoms with E-state index in [1.165, 1.54) is 10.4 Å². The molecule has 0 aliphatic carbocycles. The molecule has 2 aromatic heterocycles. The molecule has 0 aliphatic rings. The van der Waals surface area contributed by atoms with E-state index in [1.807, 2.05) is 22.9 Å². The number of hydrogen-bond acceptors (Lipinski definition) is 5. The number of hydrogen-bond donors (Lipinski definition) is 0. The van der Waals surface area contributed by atoms with Crippen molar-refractivity contribution in [1.82, 2.24) is 20.2 Å². The number of aromatic nitrogens is 4. The lowest BCUT2D eigenvalue weighted by atomic mass is 10.2. The van der Waals surface area contributed by atoms with Crippen LogP contribution in [0.5, 0.6) is 0 Å². The summed E-state index contributed by atoms with van der Waals surface area (Å²) in [5, 5.41) is 14.8. The monoisotopic (exact) mass is 366 g/mol. The van der Waals surface area contributed by atoms with Crippen LogP contribution < -0.4 is 0 Å². The maximum atomic E-state index is 4.09. The Kier molecular flexibility index (Phi) is 4.49. The zero-order chi connectivity index (χ0) is 13.8. The third-order valence-electron chi connectivity index (χ3n) is 2.64. The molecular weight excluding hydrogens is 356 g/mol. The van der Waals surface area contributed by atoms with Crippen LogP contribution in [0.3, 0.4) is 0 Å². The molecule has 0 N–H and O–H groups in total. The van der Waals surface area contributed by atoms with E-state index in [0.717, 1.165) is 21.9 Å². The molecule has 102 valence electrons. The Bertz CT molecular complexity index is 681. The van der Waals surface area contributed by atoms with E-state index >= 15 is 0 Å². The van der Waals surface area contributed by atoms with Crippen LogP contribution in [0.15, 0.2) is 51.4 Å². The van der Waals surface area contributed by atoms with Crippen LogP contribution in [0, 0.1) is 0 Å².